The van der Waals surface area contributed by atoms with E-state index in [1.54, 1.807) is 6.92 Å². The molecular formula is C19H25N9O3S. The molecule has 2 aromatic rings. The van der Waals surface area contributed by atoms with Gasteiger partial charge in [0, 0.05) is 19.2 Å². The highest BCUT2D eigenvalue weighted by molar-refractivity contribution is 7.13. The van der Waals surface area contributed by atoms with Crippen LogP contribution >= 0.6 is 11.3 Å². The fraction of sp³-hybridized carbons (Fsp3) is 0.368. The zero-order valence-electron chi connectivity index (χ0n) is 18.2. The van der Waals surface area contributed by atoms with E-state index in [9.17, 15) is 14.4 Å². The van der Waals surface area contributed by atoms with Crippen LogP contribution in [0, 0.1) is 0 Å². The Labute approximate surface area is 189 Å². The van der Waals surface area contributed by atoms with E-state index in [2.05, 4.69) is 47.6 Å². The first-order valence-corrected chi connectivity index (χ1v) is 10.4. The predicted octanol–water partition coefficient (Wildman–Crippen LogP) is 0.860. The van der Waals surface area contributed by atoms with Crippen LogP contribution in [0.25, 0.3) is 0 Å². The van der Waals surface area contributed by atoms with Crippen molar-refractivity contribution in [2.24, 2.45) is 9.98 Å². The molecule has 2 rings (SSSR count). The topological polar surface area (TPSA) is 154 Å². The average Bonchev–Trinajstić information content (AvgIpc) is 3.29. The molecule has 1 atom stereocenters. The number of hydrogen-bond acceptors (Lipinski definition) is 9. The summed E-state index contributed by atoms with van der Waals surface area (Å²) >= 11 is 1.12. The van der Waals surface area contributed by atoms with Crippen LogP contribution in [-0.4, -0.2) is 71.4 Å². The average molecular weight is 460 g/mol. The third-order valence-electron chi connectivity index (χ3n) is 4.38. The van der Waals surface area contributed by atoms with Crippen LogP contribution < -0.4 is 16.0 Å². The normalized spacial score (nSPS) is 12.2. The standard InChI is InChI=1S/C19H25N9O3S/c1-6-28(5)8-12-14(23-9-24-15(12)25-10-29)17(31)26-11(2)18-22-7-13(32-18)16(30)27-19(20-3)21-4/h7,9-11H,3,6,8H2,1-2,4-5H3,(H,26,31)(H,21,27,30)(H,23,24,25,29). The molecule has 12 nitrogen and oxygen atoms in total. The Morgan fingerprint density at radius 2 is 2.06 bits per heavy atom. The van der Waals surface area contributed by atoms with Gasteiger partial charge in [0.2, 0.25) is 12.4 Å². The molecule has 170 valence electrons. The van der Waals surface area contributed by atoms with Gasteiger partial charge < -0.3 is 15.5 Å². The van der Waals surface area contributed by atoms with Gasteiger partial charge in [0.15, 0.2) is 0 Å². The minimum Gasteiger partial charge on any atom is -0.342 e. The van der Waals surface area contributed by atoms with Crippen LogP contribution in [0.3, 0.4) is 0 Å². The number of nitrogens with one attached hydrogen (secondary N) is 3. The van der Waals surface area contributed by atoms with Crippen molar-refractivity contribution >= 4 is 48.1 Å². The maximum Gasteiger partial charge on any atom is 0.270 e. The molecule has 0 aromatic carbocycles. The second-order valence-electron chi connectivity index (χ2n) is 6.56. The summed E-state index contributed by atoms with van der Waals surface area (Å²) < 4.78 is 0. The minimum absolute atomic E-state index is 0.0966. The Hall–Kier alpha value is -3.58. The van der Waals surface area contributed by atoms with Gasteiger partial charge in [-0.2, -0.15) is 0 Å². The Balaban J connectivity index is 2.20. The first-order chi connectivity index (χ1) is 15.3. The van der Waals surface area contributed by atoms with Crippen molar-refractivity contribution in [2.45, 2.75) is 26.4 Å². The second kappa shape index (κ2) is 11.7. The highest BCUT2D eigenvalue weighted by Gasteiger charge is 2.22. The number of hydrogen-bond donors (Lipinski definition) is 3. The van der Waals surface area contributed by atoms with Crippen molar-refractivity contribution < 1.29 is 14.4 Å². The van der Waals surface area contributed by atoms with Crippen LogP contribution in [0.5, 0.6) is 0 Å². The van der Waals surface area contributed by atoms with Crippen LogP contribution in [0.4, 0.5) is 5.82 Å². The van der Waals surface area contributed by atoms with E-state index in [0.717, 1.165) is 17.9 Å². The van der Waals surface area contributed by atoms with Gasteiger partial charge in [0.1, 0.15) is 27.7 Å². The Bertz CT molecular complexity index is 1020. The lowest BCUT2D eigenvalue weighted by Crippen LogP contribution is -2.30. The number of carbonyl (C=O) groups excluding carboxylic acids is 3. The van der Waals surface area contributed by atoms with Gasteiger partial charge in [-0.05, 0) is 27.2 Å². The van der Waals surface area contributed by atoms with Crippen LogP contribution in [0.15, 0.2) is 22.5 Å². The summed E-state index contributed by atoms with van der Waals surface area (Å²) in [7, 11) is 3.36. The number of amides is 3. The molecule has 0 fully saturated rings. The van der Waals surface area contributed by atoms with E-state index in [0.29, 0.717) is 28.4 Å². The fourth-order valence-corrected chi connectivity index (χ4v) is 3.38. The van der Waals surface area contributed by atoms with Crippen molar-refractivity contribution in [2.75, 3.05) is 26.0 Å². The number of nitrogens with zero attached hydrogens (tertiary/aromatic N) is 6. The molecule has 0 spiro atoms. The number of aliphatic imine (C=N–C) groups is 2. The van der Waals surface area contributed by atoms with Crippen molar-refractivity contribution in [3.8, 4) is 0 Å². The second-order valence-corrected chi connectivity index (χ2v) is 7.62. The van der Waals surface area contributed by atoms with Gasteiger partial charge in [0.05, 0.1) is 12.2 Å². The lowest BCUT2D eigenvalue weighted by molar-refractivity contribution is -0.105. The first kappa shape index (κ1) is 24.7. The Morgan fingerprint density at radius 1 is 1.31 bits per heavy atom. The SMILES string of the molecule is C=NC(=NC)NC(=O)c1cnc(C(C)NC(=O)c2ncnc(NC=O)c2CN(C)CC)s1. The lowest BCUT2D eigenvalue weighted by Gasteiger charge is -2.19. The van der Waals surface area contributed by atoms with Gasteiger partial charge in [-0.25, -0.2) is 19.9 Å². The van der Waals surface area contributed by atoms with E-state index in [4.69, 9.17) is 0 Å². The van der Waals surface area contributed by atoms with Crippen molar-refractivity contribution in [3.05, 3.63) is 33.7 Å². The molecule has 0 saturated carbocycles. The minimum atomic E-state index is -0.500. The molecule has 2 aromatic heterocycles. The largest absolute Gasteiger partial charge is 0.342 e. The monoisotopic (exact) mass is 459 g/mol. The smallest absolute Gasteiger partial charge is 0.270 e. The molecule has 0 aliphatic heterocycles. The van der Waals surface area contributed by atoms with Gasteiger partial charge in [-0.1, -0.05) is 6.92 Å². The van der Waals surface area contributed by atoms with E-state index < -0.39 is 17.9 Å². The molecule has 3 amide bonds. The number of thiazole rings is 1. The van der Waals surface area contributed by atoms with Gasteiger partial charge in [0.25, 0.3) is 11.8 Å². The number of anilines is 1. The summed E-state index contributed by atoms with van der Waals surface area (Å²) in [5.41, 5.74) is 0.642. The predicted molar refractivity (Wildman–Crippen MR) is 122 cm³/mol. The fourth-order valence-electron chi connectivity index (χ4n) is 2.57. The molecule has 0 bridgehead atoms. The molecule has 1 unspecified atom stereocenters. The summed E-state index contributed by atoms with van der Waals surface area (Å²) in [6.45, 7) is 8.13. The lowest BCUT2D eigenvalue weighted by atomic mass is 10.1. The van der Waals surface area contributed by atoms with Gasteiger partial charge in [-0.15, -0.1) is 11.3 Å². The van der Waals surface area contributed by atoms with Crippen LogP contribution in [0.2, 0.25) is 0 Å². The van der Waals surface area contributed by atoms with Gasteiger partial charge in [-0.3, -0.25) is 24.7 Å². The van der Waals surface area contributed by atoms with Crippen molar-refractivity contribution in [1.29, 1.82) is 0 Å². The molecule has 3 N–H and O–H groups in total. The molecule has 32 heavy (non-hydrogen) atoms. The maximum atomic E-state index is 13.0. The Morgan fingerprint density at radius 3 is 2.69 bits per heavy atom. The van der Waals surface area contributed by atoms with Crippen molar-refractivity contribution in [1.82, 2.24) is 30.5 Å². The summed E-state index contributed by atoms with van der Waals surface area (Å²) in [5, 5.41) is 8.38. The van der Waals surface area contributed by atoms with E-state index in [-0.39, 0.29) is 17.5 Å². The number of aromatic nitrogens is 3. The van der Waals surface area contributed by atoms with Gasteiger partial charge >= 0.3 is 0 Å². The third kappa shape index (κ3) is 6.21. The molecular weight excluding hydrogens is 434 g/mol. The Kier molecular flexibility index (Phi) is 9.04. The van der Waals surface area contributed by atoms with E-state index >= 15 is 0 Å². The molecule has 0 radical (unpaired) electrons. The van der Waals surface area contributed by atoms with Crippen molar-refractivity contribution in [3.63, 3.8) is 0 Å². The molecule has 13 heteroatoms. The molecule has 0 aliphatic carbocycles. The zero-order chi connectivity index (χ0) is 23.7. The summed E-state index contributed by atoms with van der Waals surface area (Å²) in [6.07, 6.45) is 3.13. The van der Waals surface area contributed by atoms with E-state index in [1.807, 2.05) is 18.9 Å². The summed E-state index contributed by atoms with van der Waals surface area (Å²) in [5.74, 6) is -0.513. The molecule has 0 aliphatic rings. The third-order valence-corrected chi connectivity index (χ3v) is 5.56. The number of carbonyl (C=O) groups is 3. The summed E-state index contributed by atoms with van der Waals surface area (Å²) in [4.78, 5) is 58.3. The quantitative estimate of drug-likeness (QED) is 0.285. The maximum absolute atomic E-state index is 13.0. The summed E-state index contributed by atoms with van der Waals surface area (Å²) in [6, 6.07) is -0.500. The van der Waals surface area contributed by atoms with E-state index in [1.165, 1.54) is 19.6 Å². The van der Waals surface area contributed by atoms with Crippen LogP contribution in [-0.2, 0) is 11.3 Å². The number of guanidine groups is 1. The molecule has 0 saturated heterocycles. The first-order valence-electron chi connectivity index (χ1n) is 9.58. The van der Waals surface area contributed by atoms with Crippen LogP contribution in [0.1, 0.15) is 50.6 Å². The highest BCUT2D eigenvalue weighted by Crippen LogP contribution is 2.22. The highest BCUT2D eigenvalue weighted by atomic mass is 32.1. The molecule has 2 heterocycles. The number of rotatable bonds is 9. The zero-order valence-corrected chi connectivity index (χ0v) is 19.1.